The molecule has 2 atom stereocenters. The highest BCUT2D eigenvalue weighted by Gasteiger charge is 2.11. The highest BCUT2D eigenvalue weighted by Crippen LogP contribution is 2.12. The Morgan fingerprint density at radius 1 is 1.12 bits per heavy atom. The first kappa shape index (κ1) is 12.6. The summed E-state index contributed by atoms with van der Waals surface area (Å²) >= 11 is 0. The van der Waals surface area contributed by atoms with Crippen molar-refractivity contribution in [2.24, 2.45) is 0 Å². The Balaban J connectivity index is 2.55. The van der Waals surface area contributed by atoms with Crippen molar-refractivity contribution in [3.63, 3.8) is 0 Å². The Morgan fingerprint density at radius 3 is 2.19 bits per heavy atom. The third-order valence-corrected chi connectivity index (χ3v) is 1.85. The number of nitrogen functional groups attached to an aromatic ring is 2. The summed E-state index contributed by atoms with van der Waals surface area (Å²) in [7, 11) is 0. The highest BCUT2D eigenvalue weighted by molar-refractivity contribution is 5.26. The molecule has 0 saturated carbocycles. The van der Waals surface area contributed by atoms with Crippen LogP contribution < -0.4 is 11.5 Å². The van der Waals surface area contributed by atoms with E-state index >= 15 is 0 Å². The van der Waals surface area contributed by atoms with Crippen molar-refractivity contribution in [2.45, 2.75) is 25.9 Å². The largest absolute Gasteiger partial charge is 0.391 e. The number of aromatic nitrogens is 3. The van der Waals surface area contributed by atoms with E-state index in [9.17, 15) is 0 Å². The van der Waals surface area contributed by atoms with Gasteiger partial charge in [-0.1, -0.05) is 6.92 Å². The van der Waals surface area contributed by atoms with Crippen LogP contribution in [0.2, 0.25) is 0 Å². The van der Waals surface area contributed by atoms with Crippen LogP contribution in [0.5, 0.6) is 0 Å². The molecule has 0 aliphatic carbocycles. The number of ether oxygens (including phenoxy) is 1. The van der Waals surface area contributed by atoms with Crippen molar-refractivity contribution in [3.05, 3.63) is 5.82 Å². The molecule has 2 unspecified atom stereocenters. The third-order valence-electron chi connectivity index (χ3n) is 1.85. The minimum Gasteiger partial charge on any atom is -0.391 e. The molecule has 1 aromatic heterocycles. The smallest absolute Gasteiger partial charge is 0.225 e. The van der Waals surface area contributed by atoms with E-state index in [1.54, 1.807) is 6.92 Å². The number of nitrogens with zero attached hydrogens (tertiary/aromatic N) is 3. The summed E-state index contributed by atoms with van der Waals surface area (Å²) in [4.78, 5) is 11.6. The van der Waals surface area contributed by atoms with Gasteiger partial charge in [0, 0.05) is 5.92 Å². The van der Waals surface area contributed by atoms with Crippen LogP contribution in [0.4, 0.5) is 11.9 Å². The molecule has 7 nitrogen and oxygen atoms in total. The lowest BCUT2D eigenvalue weighted by Crippen LogP contribution is -2.16. The summed E-state index contributed by atoms with van der Waals surface area (Å²) in [5.41, 5.74) is 10.9. The molecule has 1 aromatic rings. The zero-order chi connectivity index (χ0) is 12.1. The van der Waals surface area contributed by atoms with Crippen molar-refractivity contribution < 1.29 is 9.84 Å². The molecule has 0 bridgehead atoms. The molecule has 0 aromatic carbocycles. The monoisotopic (exact) mass is 227 g/mol. The fraction of sp³-hybridized carbons (Fsp3) is 0.667. The first-order valence-corrected chi connectivity index (χ1v) is 5.01. The van der Waals surface area contributed by atoms with Crippen molar-refractivity contribution >= 4 is 11.9 Å². The number of hydrogen-bond acceptors (Lipinski definition) is 7. The summed E-state index contributed by atoms with van der Waals surface area (Å²) in [6.07, 6.45) is -0.485. The summed E-state index contributed by atoms with van der Waals surface area (Å²) < 4.78 is 5.26. The third kappa shape index (κ3) is 3.95. The topological polar surface area (TPSA) is 120 Å². The maximum Gasteiger partial charge on any atom is 0.225 e. The van der Waals surface area contributed by atoms with Gasteiger partial charge in [0.15, 0.2) is 0 Å². The van der Waals surface area contributed by atoms with Gasteiger partial charge in [-0.25, -0.2) is 0 Å². The summed E-state index contributed by atoms with van der Waals surface area (Å²) in [6.45, 7) is 4.22. The fourth-order valence-electron chi connectivity index (χ4n) is 1.14. The van der Waals surface area contributed by atoms with Gasteiger partial charge in [0.05, 0.1) is 19.3 Å². The molecule has 0 fully saturated rings. The predicted octanol–water partition coefficient (Wildman–Crippen LogP) is -0.463. The Morgan fingerprint density at radius 2 is 1.69 bits per heavy atom. The lowest BCUT2D eigenvalue weighted by molar-refractivity contribution is 0.0404. The lowest BCUT2D eigenvalue weighted by Gasteiger charge is -2.12. The molecular formula is C9H17N5O2. The minimum absolute atomic E-state index is 0.0497. The SMILES string of the molecule is CC(O)COCC(C)c1nc(N)nc(N)n1. The van der Waals surface area contributed by atoms with Gasteiger partial charge in [0.1, 0.15) is 5.82 Å². The fourth-order valence-corrected chi connectivity index (χ4v) is 1.14. The Bertz CT molecular complexity index is 324. The van der Waals surface area contributed by atoms with Gasteiger partial charge >= 0.3 is 0 Å². The molecule has 7 heteroatoms. The second kappa shape index (κ2) is 5.57. The first-order chi connectivity index (χ1) is 7.49. The second-order valence-corrected chi connectivity index (χ2v) is 3.70. The maximum absolute atomic E-state index is 9.02. The standard InChI is InChI=1S/C9H17N5O2/c1-5(3-16-4-6(2)15)7-12-8(10)14-9(11)13-7/h5-6,15H,3-4H2,1-2H3,(H4,10,11,12,13,14). The van der Waals surface area contributed by atoms with Crippen LogP contribution in [0.25, 0.3) is 0 Å². The van der Waals surface area contributed by atoms with E-state index in [2.05, 4.69) is 15.0 Å². The Hall–Kier alpha value is -1.47. The number of aliphatic hydroxyl groups is 1. The maximum atomic E-state index is 9.02. The van der Waals surface area contributed by atoms with Gasteiger partial charge in [0.25, 0.3) is 0 Å². The number of nitrogens with two attached hydrogens (primary N) is 2. The average Bonchev–Trinajstić information content (AvgIpc) is 2.15. The van der Waals surface area contributed by atoms with Gasteiger partial charge in [0.2, 0.25) is 11.9 Å². The summed E-state index contributed by atoms with van der Waals surface area (Å²) in [5, 5.41) is 9.02. The normalized spacial score (nSPS) is 14.7. The van der Waals surface area contributed by atoms with E-state index in [1.807, 2.05) is 6.92 Å². The average molecular weight is 227 g/mol. The molecule has 90 valence electrons. The van der Waals surface area contributed by atoms with Gasteiger partial charge in [-0.3, -0.25) is 0 Å². The number of hydrogen-bond donors (Lipinski definition) is 3. The van der Waals surface area contributed by atoms with Crippen LogP contribution >= 0.6 is 0 Å². The zero-order valence-corrected chi connectivity index (χ0v) is 9.42. The van der Waals surface area contributed by atoms with Crippen molar-refractivity contribution in [1.29, 1.82) is 0 Å². The van der Waals surface area contributed by atoms with Crippen LogP contribution in [0.1, 0.15) is 25.6 Å². The molecule has 0 spiro atoms. The molecule has 0 aliphatic rings. The van der Waals surface area contributed by atoms with Gasteiger partial charge in [-0.15, -0.1) is 0 Å². The van der Waals surface area contributed by atoms with E-state index in [-0.39, 0.29) is 24.4 Å². The van der Waals surface area contributed by atoms with Crippen LogP contribution in [0, 0.1) is 0 Å². The molecule has 5 N–H and O–H groups in total. The number of anilines is 2. The number of rotatable bonds is 5. The molecule has 1 heterocycles. The highest BCUT2D eigenvalue weighted by atomic mass is 16.5. The molecule has 0 aliphatic heterocycles. The van der Waals surface area contributed by atoms with E-state index in [0.29, 0.717) is 12.4 Å². The number of aliphatic hydroxyl groups excluding tert-OH is 1. The molecule has 1 rings (SSSR count). The van der Waals surface area contributed by atoms with Gasteiger partial charge < -0.3 is 21.3 Å². The van der Waals surface area contributed by atoms with E-state index in [4.69, 9.17) is 21.3 Å². The zero-order valence-electron chi connectivity index (χ0n) is 9.42. The Kier molecular flexibility index (Phi) is 4.39. The van der Waals surface area contributed by atoms with Crippen molar-refractivity contribution in [1.82, 2.24) is 15.0 Å². The lowest BCUT2D eigenvalue weighted by atomic mass is 10.2. The molecule has 0 amide bonds. The van der Waals surface area contributed by atoms with Crippen molar-refractivity contribution in [3.8, 4) is 0 Å². The van der Waals surface area contributed by atoms with E-state index < -0.39 is 6.10 Å². The second-order valence-electron chi connectivity index (χ2n) is 3.70. The minimum atomic E-state index is -0.485. The van der Waals surface area contributed by atoms with Crippen LogP contribution in [0.3, 0.4) is 0 Å². The van der Waals surface area contributed by atoms with Crippen LogP contribution in [-0.4, -0.2) is 39.4 Å². The van der Waals surface area contributed by atoms with Crippen molar-refractivity contribution in [2.75, 3.05) is 24.7 Å². The van der Waals surface area contributed by atoms with Crippen LogP contribution in [0.15, 0.2) is 0 Å². The van der Waals surface area contributed by atoms with E-state index in [0.717, 1.165) is 0 Å². The summed E-state index contributed by atoms with van der Waals surface area (Å²) in [5.74, 6) is 0.650. The predicted molar refractivity (Wildman–Crippen MR) is 59.6 cm³/mol. The van der Waals surface area contributed by atoms with Gasteiger partial charge in [-0.05, 0) is 6.92 Å². The van der Waals surface area contributed by atoms with Gasteiger partial charge in [-0.2, -0.15) is 15.0 Å². The molecule has 16 heavy (non-hydrogen) atoms. The quantitative estimate of drug-likeness (QED) is 0.622. The van der Waals surface area contributed by atoms with E-state index in [1.165, 1.54) is 0 Å². The van der Waals surface area contributed by atoms with Crippen LogP contribution in [-0.2, 0) is 4.74 Å². The molecule has 0 radical (unpaired) electrons. The molecule has 0 saturated heterocycles. The molecular weight excluding hydrogens is 210 g/mol. The summed E-state index contributed by atoms with van der Waals surface area (Å²) in [6, 6.07) is 0. The Labute approximate surface area is 93.9 Å². The first-order valence-electron chi connectivity index (χ1n) is 5.01.